The molecule has 1 aliphatic carbocycles. The molecule has 0 saturated carbocycles. The fourth-order valence-electron chi connectivity index (χ4n) is 4.53. The molecule has 1 N–H and O–H groups in total. The molecule has 0 amide bonds. The van der Waals surface area contributed by atoms with Crippen LogP contribution in [-0.4, -0.2) is 22.7 Å². The average Bonchev–Trinajstić information content (AvgIpc) is 3.11. The van der Waals surface area contributed by atoms with Gasteiger partial charge in [0.15, 0.2) is 0 Å². The van der Waals surface area contributed by atoms with Crippen LogP contribution in [0.3, 0.4) is 0 Å². The number of rotatable bonds is 6. The number of aliphatic hydroxyl groups excluding tert-OH is 1. The Morgan fingerprint density at radius 2 is 1.82 bits per heavy atom. The van der Waals surface area contributed by atoms with Gasteiger partial charge in [-0.2, -0.15) is 0 Å². The van der Waals surface area contributed by atoms with E-state index in [0.717, 1.165) is 43.4 Å². The minimum atomic E-state index is -0.0142. The number of aliphatic hydroxyl groups is 1. The van der Waals surface area contributed by atoms with Gasteiger partial charge in [-0.05, 0) is 54.4 Å². The third kappa shape index (κ3) is 3.98. The Balaban J connectivity index is 1.51. The fraction of sp³-hybridized carbons (Fsp3) is 0.308. The van der Waals surface area contributed by atoms with Crippen LogP contribution in [0.1, 0.15) is 48.4 Å². The highest BCUT2D eigenvalue weighted by Gasteiger charge is 2.33. The van der Waals surface area contributed by atoms with E-state index in [1.54, 1.807) is 0 Å². The highest BCUT2D eigenvalue weighted by atomic mass is 16.3. The molecule has 2 aromatic rings. The van der Waals surface area contributed by atoms with Gasteiger partial charge >= 0.3 is 0 Å². The van der Waals surface area contributed by atoms with Crippen molar-refractivity contribution >= 4 is 5.57 Å². The molecular weight excluding hydrogens is 342 g/mol. The van der Waals surface area contributed by atoms with Gasteiger partial charge in [-0.1, -0.05) is 79.4 Å². The maximum absolute atomic E-state index is 10.1. The Labute approximate surface area is 168 Å². The van der Waals surface area contributed by atoms with Gasteiger partial charge in [0.25, 0.3) is 0 Å². The number of hydrogen-bond donors (Lipinski definition) is 1. The van der Waals surface area contributed by atoms with Crippen LogP contribution in [0.4, 0.5) is 0 Å². The number of benzene rings is 2. The average molecular weight is 372 g/mol. The van der Waals surface area contributed by atoms with Crippen LogP contribution in [0.25, 0.3) is 5.57 Å². The standard InChI is InChI=1S/C26H29NO/c1-20-12-17-25(27(20)26(19-28)24-10-6-3-7-11-24)18-21-13-15-23(16-14-21)22-8-4-2-5-9-22/h2-4,6-8,10-11,13-16,25-26,28H,1,5,9,12,17-19H2/t25?,26-/m0/s1. The van der Waals surface area contributed by atoms with Crippen LogP contribution in [-0.2, 0) is 6.42 Å². The highest BCUT2D eigenvalue weighted by Crippen LogP contribution is 2.37. The first-order valence-corrected chi connectivity index (χ1v) is 10.3. The molecule has 2 aliphatic rings. The van der Waals surface area contributed by atoms with E-state index < -0.39 is 0 Å². The Morgan fingerprint density at radius 3 is 2.50 bits per heavy atom. The third-order valence-corrected chi connectivity index (χ3v) is 6.03. The van der Waals surface area contributed by atoms with Gasteiger partial charge in [0.1, 0.15) is 0 Å². The first-order valence-electron chi connectivity index (χ1n) is 10.3. The molecule has 0 spiro atoms. The SMILES string of the molecule is C=C1CCC(Cc2ccc(C3=CC=CCC3)cc2)N1[C@@H](CO)c1ccccc1. The molecule has 4 rings (SSSR count). The maximum Gasteiger partial charge on any atom is 0.0773 e. The predicted molar refractivity (Wildman–Crippen MR) is 117 cm³/mol. The monoisotopic (exact) mass is 371 g/mol. The fourth-order valence-corrected chi connectivity index (χ4v) is 4.53. The first-order chi connectivity index (χ1) is 13.8. The van der Waals surface area contributed by atoms with Crippen molar-refractivity contribution in [2.24, 2.45) is 0 Å². The zero-order valence-corrected chi connectivity index (χ0v) is 16.4. The van der Waals surface area contributed by atoms with Crippen LogP contribution in [0.5, 0.6) is 0 Å². The van der Waals surface area contributed by atoms with Gasteiger partial charge in [-0.25, -0.2) is 0 Å². The minimum Gasteiger partial charge on any atom is -0.394 e. The van der Waals surface area contributed by atoms with Crippen molar-refractivity contribution in [3.63, 3.8) is 0 Å². The number of allylic oxidation sites excluding steroid dienone is 5. The van der Waals surface area contributed by atoms with Crippen molar-refractivity contribution in [2.75, 3.05) is 6.61 Å². The van der Waals surface area contributed by atoms with E-state index in [0.29, 0.717) is 6.04 Å². The topological polar surface area (TPSA) is 23.5 Å². The van der Waals surface area contributed by atoms with Crippen molar-refractivity contribution in [1.29, 1.82) is 0 Å². The van der Waals surface area contributed by atoms with Crippen molar-refractivity contribution in [3.8, 4) is 0 Å². The normalized spacial score (nSPS) is 20.3. The quantitative estimate of drug-likeness (QED) is 0.707. The number of likely N-dealkylation sites (tertiary alicyclic amines) is 1. The molecule has 1 fully saturated rings. The summed E-state index contributed by atoms with van der Waals surface area (Å²) in [7, 11) is 0. The molecule has 28 heavy (non-hydrogen) atoms. The lowest BCUT2D eigenvalue weighted by molar-refractivity contribution is 0.134. The van der Waals surface area contributed by atoms with E-state index in [-0.39, 0.29) is 12.6 Å². The van der Waals surface area contributed by atoms with Gasteiger partial charge in [-0.3, -0.25) is 0 Å². The van der Waals surface area contributed by atoms with E-state index in [4.69, 9.17) is 0 Å². The summed E-state index contributed by atoms with van der Waals surface area (Å²) in [4.78, 5) is 2.36. The third-order valence-electron chi connectivity index (χ3n) is 6.03. The van der Waals surface area contributed by atoms with Crippen LogP contribution >= 0.6 is 0 Å². The molecule has 2 aromatic carbocycles. The summed E-state index contributed by atoms with van der Waals surface area (Å²) in [6.07, 6.45) is 12.0. The van der Waals surface area contributed by atoms with E-state index in [9.17, 15) is 5.11 Å². The lowest BCUT2D eigenvalue weighted by atomic mass is 9.95. The molecule has 1 unspecified atom stereocenters. The van der Waals surface area contributed by atoms with Gasteiger partial charge < -0.3 is 10.0 Å². The highest BCUT2D eigenvalue weighted by molar-refractivity contribution is 5.68. The summed E-state index contributed by atoms with van der Waals surface area (Å²) in [6, 6.07) is 19.7. The summed E-state index contributed by atoms with van der Waals surface area (Å²) in [5.41, 5.74) is 6.41. The largest absolute Gasteiger partial charge is 0.394 e. The Bertz CT molecular complexity index is 863. The molecule has 0 aromatic heterocycles. The number of hydrogen-bond acceptors (Lipinski definition) is 2. The second-order valence-corrected chi connectivity index (χ2v) is 7.83. The lowest BCUT2D eigenvalue weighted by Crippen LogP contribution is -2.35. The second kappa shape index (κ2) is 8.62. The van der Waals surface area contributed by atoms with Gasteiger partial charge in [0.2, 0.25) is 0 Å². The molecule has 144 valence electrons. The van der Waals surface area contributed by atoms with E-state index in [1.165, 1.54) is 16.7 Å². The van der Waals surface area contributed by atoms with E-state index in [1.807, 2.05) is 18.2 Å². The van der Waals surface area contributed by atoms with Crippen molar-refractivity contribution in [2.45, 2.75) is 44.2 Å². The molecule has 2 nitrogen and oxygen atoms in total. The summed E-state index contributed by atoms with van der Waals surface area (Å²) >= 11 is 0. The van der Waals surface area contributed by atoms with Crippen LogP contribution < -0.4 is 0 Å². The Hall–Kier alpha value is -2.58. The summed E-state index contributed by atoms with van der Waals surface area (Å²) in [5, 5.41) is 10.1. The van der Waals surface area contributed by atoms with E-state index >= 15 is 0 Å². The van der Waals surface area contributed by atoms with Crippen LogP contribution in [0, 0.1) is 0 Å². The molecule has 2 atom stereocenters. The predicted octanol–water partition coefficient (Wildman–Crippen LogP) is 5.67. The molecular formula is C26H29NO. The van der Waals surface area contributed by atoms with Gasteiger partial charge in [0.05, 0.1) is 12.6 Å². The number of nitrogens with zero attached hydrogens (tertiary/aromatic N) is 1. The van der Waals surface area contributed by atoms with E-state index in [2.05, 4.69) is 66.1 Å². The molecule has 0 radical (unpaired) electrons. The smallest absolute Gasteiger partial charge is 0.0773 e. The second-order valence-electron chi connectivity index (χ2n) is 7.83. The zero-order valence-electron chi connectivity index (χ0n) is 16.4. The van der Waals surface area contributed by atoms with Crippen molar-refractivity contribution in [3.05, 3.63) is 102 Å². The molecule has 2 heteroatoms. The van der Waals surface area contributed by atoms with Crippen LogP contribution in [0.15, 0.2) is 85.1 Å². The molecule has 1 aliphatic heterocycles. The molecule has 1 heterocycles. The minimum absolute atomic E-state index is 0.0142. The van der Waals surface area contributed by atoms with Crippen LogP contribution in [0.2, 0.25) is 0 Å². The maximum atomic E-state index is 10.1. The summed E-state index contributed by atoms with van der Waals surface area (Å²) in [5.74, 6) is 0. The summed E-state index contributed by atoms with van der Waals surface area (Å²) < 4.78 is 0. The Morgan fingerprint density at radius 1 is 1.04 bits per heavy atom. The van der Waals surface area contributed by atoms with Gasteiger partial charge in [-0.15, -0.1) is 0 Å². The van der Waals surface area contributed by atoms with Crippen molar-refractivity contribution < 1.29 is 5.11 Å². The van der Waals surface area contributed by atoms with Crippen molar-refractivity contribution in [1.82, 2.24) is 4.90 Å². The summed E-state index contributed by atoms with van der Waals surface area (Å²) in [6.45, 7) is 4.41. The zero-order chi connectivity index (χ0) is 19.3. The molecule has 1 saturated heterocycles. The lowest BCUT2D eigenvalue weighted by Gasteiger charge is -2.35. The molecule has 0 bridgehead atoms. The van der Waals surface area contributed by atoms with Gasteiger partial charge in [0, 0.05) is 11.7 Å². The Kier molecular flexibility index (Phi) is 5.78. The first kappa shape index (κ1) is 18.8.